The molecular formula is C86H89FN18O. The summed E-state index contributed by atoms with van der Waals surface area (Å²) in [6.45, 7) is 20.4. The summed E-state index contributed by atoms with van der Waals surface area (Å²) in [5.41, 5.74) is 20.5. The molecule has 4 fully saturated rings. The van der Waals surface area contributed by atoms with Crippen LogP contribution in [0.5, 0.6) is 0 Å². The second kappa shape index (κ2) is 28.7. The zero-order chi connectivity index (χ0) is 72.3. The molecule has 0 amide bonds. The van der Waals surface area contributed by atoms with E-state index in [1.165, 1.54) is 47.5 Å². The molecule has 106 heavy (non-hydrogen) atoms. The van der Waals surface area contributed by atoms with E-state index in [1.807, 2.05) is 91.6 Å². The molecule has 0 unspecified atom stereocenters. The number of nitriles is 2. The fourth-order valence-corrected chi connectivity index (χ4v) is 16.7. The van der Waals surface area contributed by atoms with Gasteiger partial charge in [-0.1, -0.05) is 50.2 Å². The molecule has 536 valence electrons. The number of hydrogen-bond acceptors (Lipinski definition) is 13. The van der Waals surface area contributed by atoms with Gasteiger partial charge in [-0.3, -0.25) is 13.7 Å². The molecular weight excluding hydrogens is 1320 g/mol. The molecule has 0 bridgehead atoms. The minimum absolute atomic E-state index is 0.231. The number of aliphatic hydroxyl groups excluding tert-OH is 1. The van der Waals surface area contributed by atoms with Crippen molar-refractivity contribution in [3.63, 3.8) is 0 Å². The van der Waals surface area contributed by atoms with Gasteiger partial charge >= 0.3 is 0 Å². The van der Waals surface area contributed by atoms with E-state index in [2.05, 4.69) is 201 Å². The quantitative estimate of drug-likeness (QED) is 0.105. The van der Waals surface area contributed by atoms with Crippen LogP contribution in [0.3, 0.4) is 0 Å². The van der Waals surface area contributed by atoms with Gasteiger partial charge < -0.3 is 48.6 Å². The highest BCUT2D eigenvalue weighted by atomic mass is 19.1. The van der Waals surface area contributed by atoms with Crippen LogP contribution in [0.15, 0.2) is 195 Å². The van der Waals surface area contributed by atoms with E-state index >= 15 is 0 Å². The van der Waals surface area contributed by atoms with Crippen molar-refractivity contribution >= 4 is 17.2 Å². The van der Waals surface area contributed by atoms with Crippen molar-refractivity contribution in [3.05, 3.63) is 229 Å². The van der Waals surface area contributed by atoms with Gasteiger partial charge in [0.2, 0.25) is 0 Å². The van der Waals surface area contributed by atoms with E-state index in [-0.39, 0.29) is 11.9 Å². The standard InChI is InChI=1S/C29H31N7.C29H30N6.C28H28FN5O/c1-3-20(2)32-16-22-10-12-34(17-22)28-9-8-26-25(33-28)19-35-18-24(23-6-4-21(15-30)5-7-23)14-27(35)29-31-11-13-36(26)29;1-20-15-33(19-25(20)16-32(2)3)26-8-9-27-24(12-26)18-34-17-23(22-6-4-21(14-30)5-7-22)13-28(34)29-31-10-11-35(27)29;29-23-4-2-19(3-5-23)20-13-26-28-30-8-11-34(28)25-7-6-24(12-21(25)16-33(26)15-20)32-17-22(27(35)18-32)14-31-9-1-10-31/h4-9,11,13-14,18,20,22,32H,3,10,12,16-17,19H2,1-2H3;4-13,17,20,25H,15-16,18-19H2,1-3H3;2-8,11-13,15,22,27,35H,1,9-10,14,16-18H2/t20-,22+;20-,25+;22-,27-/m100/s1. The fraction of sp³-hybridized carbons (Fsp3) is 0.326. The number of pyridine rings is 1. The first-order chi connectivity index (χ1) is 51.7. The molecule has 0 radical (unpaired) electrons. The summed E-state index contributed by atoms with van der Waals surface area (Å²) in [6, 6.07) is 51.5. The van der Waals surface area contributed by atoms with Gasteiger partial charge in [0.1, 0.15) is 11.6 Å². The van der Waals surface area contributed by atoms with Crippen LogP contribution < -0.4 is 20.0 Å². The third kappa shape index (κ3) is 13.4. The van der Waals surface area contributed by atoms with E-state index in [1.54, 1.807) is 0 Å². The average Bonchev–Trinajstić information content (AvgIpc) is 1.61. The van der Waals surface area contributed by atoms with Gasteiger partial charge in [0, 0.05) is 161 Å². The minimum atomic E-state index is -0.288. The average molecular weight is 1410 g/mol. The Bertz CT molecular complexity index is 5270. The van der Waals surface area contributed by atoms with Gasteiger partial charge in [-0.05, 0) is 209 Å². The lowest BCUT2D eigenvalue weighted by atomic mass is 9.98. The van der Waals surface area contributed by atoms with Crippen LogP contribution in [0.1, 0.15) is 68.0 Å². The maximum atomic E-state index is 13.5. The monoisotopic (exact) mass is 1410 g/mol. The summed E-state index contributed by atoms with van der Waals surface area (Å²) in [5.74, 6) is 5.93. The Balaban J connectivity index is 0.000000117. The van der Waals surface area contributed by atoms with E-state index in [0.29, 0.717) is 53.9 Å². The topological polar surface area (TPSA) is 177 Å². The number of β-amino-alcohol motifs (C(OH)–C–C–N with tert-alkyl or cyclic N) is 1. The predicted octanol–water partition coefficient (Wildman–Crippen LogP) is 13.7. The molecule has 7 aliphatic rings. The van der Waals surface area contributed by atoms with E-state index in [4.69, 9.17) is 25.5 Å². The number of fused-ring (bicyclic) bond motifs is 15. The Morgan fingerprint density at radius 1 is 0.566 bits per heavy atom. The normalized spacial score (nSPS) is 19.0. The zero-order valence-corrected chi connectivity index (χ0v) is 60.9. The number of benzene rings is 5. The number of halogens is 1. The molecule has 0 spiro atoms. The number of anilines is 3. The van der Waals surface area contributed by atoms with Gasteiger partial charge in [-0.2, -0.15) is 10.5 Å². The predicted molar refractivity (Wildman–Crippen MR) is 416 cm³/mol. The van der Waals surface area contributed by atoms with Gasteiger partial charge in [0.05, 0.1) is 75.8 Å². The number of imidazole rings is 3. The molecule has 6 atom stereocenters. The van der Waals surface area contributed by atoms with Crippen LogP contribution in [-0.2, 0) is 19.6 Å². The van der Waals surface area contributed by atoms with Crippen LogP contribution in [0.2, 0.25) is 0 Å². The van der Waals surface area contributed by atoms with Gasteiger partial charge in [-0.25, -0.2) is 24.3 Å². The lowest BCUT2D eigenvalue weighted by Gasteiger charge is -2.33. The Morgan fingerprint density at radius 2 is 1.07 bits per heavy atom. The molecule has 14 heterocycles. The van der Waals surface area contributed by atoms with Crippen molar-refractivity contribution in [2.24, 2.45) is 23.7 Å². The van der Waals surface area contributed by atoms with Gasteiger partial charge in [0.15, 0.2) is 17.5 Å². The first-order valence-electron chi connectivity index (χ1n) is 37.5. The minimum Gasteiger partial charge on any atom is -0.391 e. The smallest absolute Gasteiger partial charge is 0.161 e. The second-order valence-electron chi connectivity index (χ2n) is 30.3. The van der Waals surface area contributed by atoms with Crippen LogP contribution >= 0.6 is 0 Å². The molecule has 7 aliphatic heterocycles. The maximum absolute atomic E-state index is 13.5. The molecule has 19 nitrogen and oxygen atoms in total. The van der Waals surface area contributed by atoms with E-state index in [9.17, 15) is 9.50 Å². The molecule has 7 aromatic heterocycles. The highest BCUT2D eigenvalue weighted by molar-refractivity contribution is 5.76. The molecule has 4 saturated heterocycles. The molecule has 12 aromatic rings. The molecule has 19 rings (SSSR count). The molecule has 2 N–H and O–H groups in total. The van der Waals surface area contributed by atoms with Gasteiger partial charge in [0.25, 0.3) is 0 Å². The van der Waals surface area contributed by atoms with Crippen molar-refractivity contribution in [2.45, 2.75) is 71.8 Å². The van der Waals surface area contributed by atoms with Crippen LogP contribution in [0.4, 0.5) is 21.6 Å². The summed E-state index contributed by atoms with van der Waals surface area (Å²) >= 11 is 0. The fourth-order valence-electron chi connectivity index (χ4n) is 16.7. The van der Waals surface area contributed by atoms with Crippen LogP contribution in [0.25, 0.3) is 85.0 Å². The first-order valence-corrected chi connectivity index (χ1v) is 37.5. The number of nitrogens with zero attached hydrogens (tertiary/aromatic N) is 17. The Hall–Kier alpha value is -11.1. The van der Waals surface area contributed by atoms with Crippen molar-refractivity contribution in [2.75, 3.05) is 101 Å². The Kier molecular flexibility index (Phi) is 18.4. The highest BCUT2D eigenvalue weighted by Gasteiger charge is 2.36. The summed E-state index contributed by atoms with van der Waals surface area (Å²) in [4.78, 5) is 31.3. The summed E-state index contributed by atoms with van der Waals surface area (Å²) < 4.78 is 26.8. The summed E-state index contributed by atoms with van der Waals surface area (Å²) in [5, 5.41) is 32.7. The maximum Gasteiger partial charge on any atom is 0.161 e. The number of aliphatic hydroxyl groups is 1. The number of hydrogen-bond donors (Lipinski definition) is 2. The lowest BCUT2D eigenvalue weighted by molar-refractivity contribution is 0.0893. The van der Waals surface area contributed by atoms with E-state index < -0.39 is 0 Å². The number of likely N-dealkylation sites (tertiary alicyclic amines) is 1. The van der Waals surface area contributed by atoms with Crippen LogP contribution in [0, 0.1) is 52.2 Å². The van der Waals surface area contributed by atoms with Crippen LogP contribution in [-0.4, -0.2) is 160 Å². The zero-order valence-electron chi connectivity index (χ0n) is 60.9. The van der Waals surface area contributed by atoms with E-state index in [0.717, 1.165) is 181 Å². The SMILES string of the molecule is CC[C@@H](C)NC[C@@H]1CCN(c2ccc3c(n2)Cn2cc(-c4ccc(C#N)cc4)cc2-c2nccn2-3)C1.C[C@H]1CN(c2ccc3c(c2)Cn2cc(-c4ccc(C#N)cc4)cc2-c2nccn2-3)C[C@H]1CN(C)C.O[C@H]1CN(c2ccc3c(c2)Cn2cc(-c4ccc(F)cc4)cc2-c2nccn2-3)C[C@@H]1CN1CCC1. The number of rotatable bonds is 14. The molecule has 0 saturated carbocycles. The summed E-state index contributed by atoms with van der Waals surface area (Å²) in [7, 11) is 4.34. The molecule has 5 aromatic carbocycles. The van der Waals surface area contributed by atoms with Crippen molar-refractivity contribution in [1.29, 1.82) is 10.5 Å². The lowest BCUT2D eigenvalue weighted by Crippen LogP contribution is -2.43. The third-order valence-electron chi connectivity index (χ3n) is 22.9. The molecule has 0 aliphatic carbocycles. The number of aromatic nitrogens is 10. The summed E-state index contributed by atoms with van der Waals surface area (Å²) in [6.07, 6.45) is 21.5. The van der Waals surface area contributed by atoms with Crippen molar-refractivity contribution < 1.29 is 9.50 Å². The number of nitrogens with one attached hydrogen (secondary N) is 1. The second-order valence-corrected chi connectivity index (χ2v) is 30.3. The Labute approximate surface area is 618 Å². The van der Waals surface area contributed by atoms with Gasteiger partial charge in [-0.15, -0.1) is 0 Å². The highest BCUT2D eigenvalue weighted by Crippen LogP contribution is 2.41. The van der Waals surface area contributed by atoms with Crippen molar-refractivity contribution in [3.8, 4) is 97.1 Å². The van der Waals surface area contributed by atoms with Crippen molar-refractivity contribution in [1.82, 2.24) is 62.5 Å². The largest absolute Gasteiger partial charge is 0.391 e. The first kappa shape index (κ1) is 68.0. The molecule has 20 heteroatoms. The third-order valence-corrected chi connectivity index (χ3v) is 22.9. The Morgan fingerprint density at radius 3 is 1.58 bits per heavy atom.